The third-order valence-electron chi connectivity index (χ3n) is 5.07. The van der Waals surface area contributed by atoms with Crippen LogP contribution < -0.4 is 0 Å². The van der Waals surface area contributed by atoms with Gasteiger partial charge in [-0.2, -0.15) is 0 Å². The SMILES string of the molecule is CCCC1CCC(O)C(N2CCC(CCC)C2)C1. The largest absolute Gasteiger partial charge is 0.391 e. The van der Waals surface area contributed by atoms with Crippen molar-refractivity contribution in [2.75, 3.05) is 13.1 Å². The van der Waals surface area contributed by atoms with Crippen molar-refractivity contribution in [2.45, 2.75) is 77.4 Å². The second-order valence-electron chi connectivity index (χ2n) is 6.54. The Morgan fingerprint density at radius 3 is 2.44 bits per heavy atom. The highest BCUT2D eigenvalue weighted by Gasteiger charge is 2.36. The summed E-state index contributed by atoms with van der Waals surface area (Å²) < 4.78 is 0. The molecule has 106 valence electrons. The number of aliphatic hydroxyl groups is 1. The van der Waals surface area contributed by atoms with Crippen LogP contribution in [0.15, 0.2) is 0 Å². The lowest BCUT2D eigenvalue weighted by molar-refractivity contribution is 0.0100. The van der Waals surface area contributed by atoms with Crippen LogP contribution in [-0.2, 0) is 0 Å². The summed E-state index contributed by atoms with van der Waals surface area (Å²) in [5.41, 5.74) is 0. The monoisotopic (exact) mass is 253 g/mol. The standard InChI is InChI=1S/C16H31NO/c1-3-5-13-7-8-16(18)15(11-13)17-10-9-14(12-17)6-4-2/h13-16,18H,3-12H2,1-2H3. The maximum atomic E-state index is 10.3. The van der Waals surface area contributed by atoms with Gasteiger partial charge in [0.2, 0.25) is 0 Å². The zero-order valence-electron chi connectivity index (χ0n) is 12.3. The first-order valence-corrected chi connectivity index (χ1v) is 8.16. The van der Waals surface area contributed by atoms with Crippen LogP contribution in [0.25, 0.3) is 0 Å². The molecule has 4 atom stereocenters. The van der Waals surface area contributed by atoms with E-state index in [2.05, 4.69) is 18.7 Å². The predicted octanol–water partition coefficient (Wildman–Crippen LogP) is 3.44. The molecule has 2 nitrogen and oxygen atoms in total. The second-order valence-corrected chi connectivity index (χ2v) is 6.54. The summed E-state index contributed by atoms with van der Waals surface area (Å²) in [6.45, 7) is 7.04. The van der Waals surface area contributed by atoms with Crippen molar-refractivity contribution in [3.05, 3.63) is 0 Å². The molecule has 1 aliphatic heterocycles. The number of hydrogen-bond donors (Lipinski definition) is 1. The summed E-state index contributed by atoms with van der Waals surface area (Å²) in [7, 11) is 0. The van der Waals surface area contributed by atoms with Gasteiger partial charge in [-0.1, -0.05) is 33.1 Å². The van der Waals surface area contributed by atoms with Crippen LogP contribution in [0, 0.1) is 11.8 Å². The molecule has 1 saturated carbocycles. The summed E-state index contributed by atoms with van der Waals surface area (Å²) in [5.74, 6) is 1.77. The van der Waals surface area contributed by atoms with Crippen LogP contribution in [-0.4, -0.2) is 35.2 Å². The molecule has 0 aromatic heterocycles. The van der Waals surface area contributed by atoms with E-state index in [9.17, 15) is 5.11 Å². The molecule has 2 fully saturated rings. The van der Waals surface area contributed by atoms with Gasteiger partial charge in [-0.15, -0.1) is 0 Å². The summed E-state index contributed by atoms with van der Waals surface area (Å²) >= 11 is 0. The molecule has 18 heavy (non-hydrogen) atoms. The number of rotatable bonds is 5. The second kappa shape index (κ2) is 6.91. The van der Waals surface area contributed by atoms with Crippen LogP contribution in [0.1, 0.15) is 65.2 Å². The van der Waals surface area contributed by atoms with E-state index in [1.54, 1.807) is 0 Å². The highest BCUT2D eigenvalue weighted by Crippen LogP contribution is 2.34. The van der Waals surface area contributed by atoms with Gasteiger partial charge in [0, 0.05) is 12.6 Å². The zero-order chi connectivity index (χ0) is 13.0. The number of nitrogens with zero attached hydrogens (tertiary/aromatic N) is 1. The van der Waals surface area contributed by atoms with Crippen LogP contribution in [0.2, 0.25) is 0 Å². The van der Waals surface area contributed by atoms with Crippen molar-refractivity contribution in [2.24, 2.45) is 11.8 Å². The van der Waals surface area contributed by atoms with Gasteiger partial charge in [-0.3, -0.25) is 4.90 Å². The Labute approximate surface area is 113 Å². The zero-order valence-corrected chi connectivity index (χ0v) is 12.3. The molecule has 0 aromatic carbocycles. The normalized spacial score (nSPS) is 38.2. The van der Waals surface area contributed by atoms with Crippen molar-refractivity contribution < 1.29 is 5.11 Å². The summed E-state index contributed by atoms with van der Waals surface area (Å²) in [6, 6.07) is 0.470. The van der Waals surface area contributed by atoms with Crippen LogP contribution in [0.5, 0.6) is 0 Å². The lowest BCUT2D eigenvalue weighted by Crippen LogP contribution is -2.46. The predicted molar refractivity (Wildman–Crippen MR) is 76.6 cm³/mol. The Morgan fingerprint density at radius 2 is 1.72 bits per heavy atom. The Balaban J connectivity index is 1.86. The van der Waals surface area contributed by atoms with E-state index in [1.807, 2.05) is 0 Å². The van der Waals surface area contributed by atoms with Crippen molar-refractivity contribution in [1.29, 1.82) is 0 Å². The van der Waals surface area contributed by atoms with Crippen LogP contribution in [0.3, 0.4) is 0 Å². The van der Waals surface area contributed by atoms with Gasteiger partial charge in [0.05, 0.1) is 6.10 Å². The quantitative estimate of drug-likeness (QED) is 0.811. The average Bonchev–Trinajstić information content (AvgIpc) is 2.81. The first kappa shape index (κ1) is 14.3. The number of likely N-dealkylation sites (tertiary alicyclic amines) is 1. The summed E-state index contributed by atoms with van der Waals surface area (Å²) in [4.78, 5) is 2.60. The highest BCUT2D eigenvalue weighted by molar-refractivity contribution is 4.90. The Morgan fingerprint density at radius 1 is 1.00 bits per heavy atom. The molecule has 2 aliphatic rings. The molecule has 0 spiro atoms. The summed E-state index contributed by atoms with van der Waals surface area (Å²) in [6.07, 6.45) is 10.2. The Bertz CT molecular complexity index is 243. The smallest absolute Gasteiger partial charge is 0.0695 e. The van der Waals surface area contributed by atoms with Crippen LogP contribution >= 0.6 is 0 Å². The lowest BCUT2D eigenvalue weighted by atomic mass is 9.81. The van der Waals surface area contributed by atoms with E-state index in [0.717, 1.165) is 18.3 Å². The Hall–Kier alpha value is -0.0800. The molecular weight excluding hydrogens is 222 g/mol. The van der Waals surface area contributed by atoms with E-state index < -0.39 is 0 Å². The maximum Gasteiger partial charge on any atom is 0.0695 e. The Kier molecular flexibility index (Phi) is 5.50. The highest BCUT2D eigenvalue weighted by atomic mass is 16.3. The van der Waals surface area contributed by atoms with E-state index in [1.165, 1.54) is 58.0 Å². The van der Waals surface area contributed by atoms with Gasteiger partial charge in [-0.25, -0.2) is 0 Å². The molecule has 0 radical (unpaired) electrons. The molecule has 4 unspecified atom stereocenters. The van der Waals surface area contributed by atoms with Crippen molar-refractivity contribution >= 4 is 0 Å². The van der Waals surface area contributed by atoms with Gasteiger partial charge >= 0.3 is 0 Å². The first-order chi connectivity index (χ1) is 8.74. The van der Waals surface area contributed by atoms with Gasteiger partial charge in [0.25, 0.3) is 0 Å². The minimum atomic E-state index is -0.0570. The van der Waals surface area contributed by atoms with Crippen LogP contribution in [0.4, 0.5) is 0 Å². The van der Waals surface area contributed by atoms with Gasteiger partial charge in [-0.05, 0) is 50.5 Å². The van der Waals surface area contributed by atoms with Crippen molar-refractivity contribution in [3.8, 4) is 0 Å². The molecule has 0 bridgehead atoms. The summed E-state index contributed by atoms with van der Waals surface area (Å²) in [5, 5.41) is 10.3. The fourth-order valence-corrected chi connectivity index (χ4v) is 4.09. The molecule has 1 aliphatic carbocycles. The molecule has 2 heteroatoms. The third kappa shape index (κ3) is 3.48. The van der Waals surface area contributed by atoms with E-state index in [0.29, 0.717) is 6.04 Å². The maximum absolute atomic E-state index is 10.3. The lowest BCUT2D eigenvalue weighted by Gasteiger charge is -2.39. The van der Waals surface area contributed by atoms with Gasteiger partial charge in [0.1, 0.15) is 0 Å². The fourth-order valence-electron chi connectivity index (χ4n) is 4.09. The number of aliphatic hydroxyl groups excluding tert-OH is 1. The van der Waals surface area contributed by atoms with Gasteiger partial charge < -0.3 is 5.11 Å². The first-order valence-electron chi connectivity index (χ1n) is 8.16. The molecular formula is C16H31NO. The van der Waals surface area contributed by atoms with E-state index in [-0.39, 0.29) is 6.10 Å². The molecule has 0 amide bonds. The van der Waals surface area contributed by atoms with E-state index in [4.69, 9.17) is 0 Å². The minimum absolute atomic E-state index is 0.0570. The fraction of sp³-hybridized carbons (Fsp3) is 1.00. The number of hydrogen-bond acceptors (Lipinski definition) is 2. The topological polar surface area (TPSA) is 23.5 Å². The van der Waals surface area contributed by atoms with E-state index >= 15 is 0 Å². The third-order valence-corrected chi connectivity index (χ3v) is 5.07. The molecule has 1 N–H and O–H groups in total. The van der Waals surface area contributed by atoms with Crippen molar-refractivity contribution in [3.63, 3.8) is 0 Å². The molecule has 1 saturated heterocycles. The molecule has 2 rings (SSSR count). The van der Waals surface area contributed by atoms with Crippen molar-refractivity contribution in [1.82, 2.24) is 4.90 Å². The molecule has 1 heterocycles. The minimum Gasteiger partial charge on any atom is -0.391 e. The van der Waals surface area contributed by atoms with Gasteiger partial charge in [0.15, 0.2) is 0 Å². The molecule has 0 aromatic rings. The average molecular weight is 253 g/mol.